The van der Waals surface area contributed by atoms with E-state index in [1.54, 1.807) is 12.1 Å². The summed E-state index contributed by atoms with van der Waals surface area (Å²) in [5.41, 5.74) is -0.196. The Labute approximate surface area is 186 Å². The molecule has 170 valence electrons. The highest BCUT2D eigenvalue weighted by Crippen LogP contribution is 2.36. The van der Waals surface area contributed by atoms with Gasteiger partial charge in [0.1, 0.15) is 12.9 Å². The number of hydrogen-bond donors (Lipinski definition) is 2. The minimum atomic E-state index is -4.59. The first kappa shape index (κ1) is 23.8. The molecule has 0 bridgehead atoms. The number of hydrogen-bond acceptors (Lipinski definition) is 7. The number of ether oxygens (including phenoxy) is 1. The van der Waals surface area contributed by atoms with Crippen LogP contribution >= 0.6 is 11.8 Å². The standard InChI is InChI=1S/C20H18F3N3O4S2/c1-31-15-6-2-13(3-7-15)17-18(24-12-25-19(17)30-11-10-27)26-32(28,29)16-8-4-14(5-9-16)20(21,22)23/h2-9,12,27H,10-11H2,1H3,(H,24,25,26). The maximum Gasteiger partial charge on any atom is 0.416 e. The minimum absolute atomic E-state index is 0.0380. The van der Waals surface area contributed by atoms with Crippen LogP contribution in [0.3, 0.4) is 0 Å². The molecule has 0 fully saturated rings. The number of aliphatic hydroxyl groups is 1. The Morgan fingerprint density at radius 3 is 2.28 bits per heavy atom. The van der Waals surface area contributed by atoms with Crippen LogP contribution in [0.4, 0.5) is 19.0 Å². The summed E-state index contributed by atoms with van der Waals surface area (Å²) < 4.78 is 71.8. The van der Waals surface area contributed by atoms with Gasteiger partial charge in [-0.3, -0.25) is 4.72 Å². The fraction of sp³-hybridized carbons (Fsp3) is 0.200. The molecule has 3 aromatic rings. The van der Waals surface area contributed by atoms with Crippen molar-refractivity contribution in [2.45, 2.75) is 16.0 Å². The smallest absolute Gasteiger partial charge is 0.416 e. The molecule has 12 heteroatoms. The summed E-state index contributed by atoms with van der Waals surface area (Å²) in [5, 5.41) is 9.08. The molecule has 2 N–H and O–H groups in total. The Hall–Kier alpha value is -2.83. The van der Waals surface area contributed by atoms with E-state index in [1.807, 2.05) is 18.4 Å². The molecular formula is C20H18F3N3O4S2. The van der Waals surface area contributed by atoms with Crippen molar-refractivity contribution < 1.29 is 31.4 Å². The number of nitrogens with zero attached hydrogens (tertiary/aromatic N) is 2. The summed E-state index contributed by atoms with van der Waals surface area (Å²) in [7, 11) is -4.27. The van der Waals surface area contributed by atoms with Gasteiger partial charge in [0.15, 0.2) is 5.82 Å². The monoisotopic (exact) mass is 485 g/mol. The average Bonchev–Trinajstić information content (AvgIpc) is 2.77. The number of aromatic nitrogens is 2. The second kappa shape index (κ2) is 9.76. The number of thioether (sulfide) groups is 1. The van der Waals surface area contributed by atoms with Gasteiger partial charge in [0.25, 0.3) is 10.0 Å². The third-order valence-corrected chi connectivity index (χ3v) is 6.34. The lowest BCUT2D eigenvalue weighted by Crippen LogP contribution is -2.16. The molecule has 1 aromatic heterocycles. The predicted octanol–water partition coefficient (Wildman–Crippen LogP) is 4.06. The van der Waals surface area contributed by atoms with E-state index in [4.69, 9.17) is 9.84 Å². The quantitative estimate of drug-likeness (QED) is 0.464. The lowest BCUT2D eigenvalue weighted by Gasteiger charge is -2.15. The van der Waals surface area contributed by atoms with Crippen LogP contribution in [-0.2, 0) is 16.2 Å². The Bertz CT molecular complexity index is 1170. The Morgan fingerprint density at radius 1 is 1.06 bits per heavy atom. The van der Waals surface area contributed by atoms with Crippen LogP contribution < -0.4 is 9.46 Å². The molecule has 0 saturated carbocycles. The second-order valence-corrected chi connectivity index (χ2v) is 8.89. The summed E-state index contributed by atoms with van der Waals surface area (Å²) in [6.07, 6.45) is -1.60. The predicted molar refractivity (Wildman–Crippen MR) is 114 cm³/mol. The molecule has 0 aliphatic carbocycles. The van der Waals surface area contributed by atoms with E-state index in [-0.39, 0.29) is 35.4 Å². The highest BCUT2D eigenvalue weighted by molar-refractivity contribution is 7.98. The van der Waals surface area contributed by atoms with Crippen LogP contribution in [-0.4, -0.2) is 43.0 Å². The third-order valence-electron chi connectivity index (χ3n) is 4.24. The van der Waals surface area contributed by atoms with Crippen LogP contribution in [0, 0.1) is 0 Å². The molecule has 0 aliphatic heterocycles. The Balaban J connectivity index is 2.02. The highest BCUT2D eigenvalue weighted by atomic mass is 32.2. The highest BCUT2D eigenvalue weighted by Gasteiger charge is 2.31. The van der Waals surface area contributed by atoms with Crippen molar-refractivity contribution >= 4 is 27.6 Å². The zero-order valence-corrected chi connectivity index (χ0v) is 18.3. The van der Waals surface area contributed by atoms with Crippen molar-refractivity contribution in [1.82, 2.24) is 9.97 Å². The maximum absolute atomic E-state index is 12.8. The number of alkyl halides is 3. The molecule has 1 heterocycles. The summed E-state index contributed by atoms with van der Waals surface area (Å²) in [4.78, 5) is 8.63. The molecular weight excluding hydrogens is 467 g/mol. The minimum Gasteiger partial charge on any atom is -0.475 e. The van der Waals surface area contributed by atoms with Crippen molar-refractivity contribution in [3.8, 4) is 17.0 Å². The number of sulfonamides is 1. The Morgan fingerprint density at radius 2 is 1.72 bits per heavy atom. The van der Waals surface area contributed by atoms with Gasteiger partial charge in [-0.2, -0.15) is 13.2 Å². The van der Waals surface area contributed by atoms with E-state index in [1.165, 1.54) is 11.8 Å². The number of halogens is 3. The number of anilines is 1. The molecule has 0 unspecified atom stereocenters. The zero-order chi connectivity index (χ0) is 23.4. The van der Waals surface area contributed by atoms with E-state index in [9.17, 15) is 21.6 Å². The van der Waals surface area contributed by atoms with Crippen molar-refractivity contribution in [1.29, 1.82) is 0 Å². The number of aliphatic hydroxyl groups excluding tert-OH is 1. The van der Waals surface area contributed by atoms with Crippen molar-refractivity contribution in [3.63, 3.8) is 0 Å². The maximum atomic E-state index is 12.8. The first-order chi connectivity index (χ1) is 15.2. The normalized spacial score (nSPS) is 11.9. The molecule has 7 nitrogen and oxygen atoms in total. The van der Waals surface area contributed by atoms with Gasteiger partial charge in [-0.1, -0.05) is 12.1 Å². The van der Waals surface area contributed by atoms with Gasteiger partial charge in [-0.05, 0) is 48.2 Å². The SMILES string of the molecule is CSc1ccc(-c2c(NS(=O)(=O)c3ccc(C(F)(F)F)cc3)ncnc2OCCO)cc1. The first-order valence-electron chi connectivity index (χ1n) is 9.09. The number of rotatable bonds is 8. The molecule has 0 aliphatic rings. The fourth-order valence-electron chi connectivity index (χ4n) is 2.73. The fourth-order valence-corrected chi connectivity index (χ4v) is 4.16. The summed E-state index contributed by atoms with van der Waals surface area (Å²) in [5.74, 6) is -0.0826. The molecule has 0 atom stereocenters. The van der Waals surface area contributed by atoms with Gasteiger partial charge in [0.2, 0.25) is 5.88 Å². The molecule has 0 amide bonds. The van der Waals surface area contributed by atoms with Crippen LogP contribution in [0.2, 0.25) is 0 Å². The van der Waals surface area contributed by atoms with Crippen LogP contribution in [0.5, 0.6) is 5.88 Å². The van der Waals surface area contributed by atoms with Crippen molar-refractivity contribution in [2.75, 3.05) is 24.2 Å². The Kier molecular flexibility index (Phi) is 7.26. The van der Waals surface area contributed by atoms with Gasteiger partial charge < -0.3 is 9.84 Å². The summed E-state index contributed by atoms with van der Waals surface area (Å²) >= 11 is 1.52. The van der Waals surface area contributed by atoms with Crippen molar-refractivity contribution in [2.24, 2.45) is 0 Å². The lowest BCUT2D eigenvalue weighted by molar-refractivity contribution is -0.137. The van der Waals surface area contributed by atoms with Crippen molar-refractivity contribution in [3.05, 3.63) is 60.4 Å². The van der Waals surface area contributed by atoms with E-state index in [0.717, 1.165) is 23.4 Å². The summed E-state index contributed by atoms with van der Waals surface area (Å²) in [6.45, 7) is -0.376. The zero-order valence-electron chi connectivity index (χ0n) is 16.6. The summed E-state index contributed by atoms with van der Waals surface area (Å²) in [6, 6.07) is 10.2. The van der Waals surface area contributed by atoms with E-state index < -0.39 is 21.8 Å². The first-order valence-corrected chi connectivity index (χ1v) is 11.8. The van der Waals surface area contributed by atoms with Crippen LogP contribution in [0.1, 0.15) is 5.56 Å². The van der Waals surface area contributed by atoms with Gasteiger partial charge in [-0.15, -0.1) is 11.8 Å². The topological polar surface area (TPSA) is 101 Å². The molecule has 0 spiro atoms. The third kappa shape index (κ3) is 5.50. The van der Waals surface area contributed by atoms with E-state index >= 15 is 0 Å². The van der Waals surface area contributed by atoms with Gasteiger partial charge in [0.05, 0.1) is 22.6 Å². The van der Waals surface area contributed by atoms with Gasteiger partial charge in [-0.25, -0.2) is 18.4 Å². The average molecular weight is 486 g/mol. The van der Waals surface area contributed by atoms with Gasteiger partial charge >= 0.3 is 6.18 Å². The number of nitrogens with one attached hydrogen (secondary N) is 1. The molecule has 0 radical (unpaired) electrons. The largest absolute Gasteiger partial charge is 0.475 e. The van der Waals surface area contributed by atoms with E-state index in [2.05, 4.69) is 14.7 Å². The molecule has 0 saturated heterocycles. The van der Waals surface area contributed by atoms with Crippen LogP contribution in [0.15, 0.2) is 64.6 Å². The lowest BCUT2D eigenvalue weighted by atomic mass is 10.1. The molecule has 32 heavy (non-hydrogen) atoms. The number of benzene rings is 2. The van der Waals surface area contributed by atoms with E-state index in [0.29, 0.717) is 17.7 Å². The molecule has 3 rings (SSSR count). The molecule has 2 aromatic carbocycles. The second-order valence-electron chi connectivity index (χ2n) is 6.33. The van der Waals surface area contributed by atoms with Crippen LogP contribution in [0.25, 0.3) is 11.1 Å². The van der Waals surface area contributed by atoms with Gasteiger partial charge in [0, 0.05) is 4.90 Å².